The molecule has 0 saturated heterocycles. The van der Waals surface area contributed by atoms with Crippen LogP contribution in [-0.4, -0.2) is 32.8 Å². The summed E-state index contributed by atoms with van der Waals surface area (Å²) in [6.07, 6.45) is 1.17. The fraction of sp³-hybridized carbons (Fsp3) is 0.333. The zero-order valence-electron chi connectivity index (χ0n) is 10.5. The van der Waals surface area contributed by atoms with Crippen LogP contribution in [-0.2, 0) is 9.59 Å². The molecule has 0 spiro atoms. The molecule has 2 N–H and O–H groups in total. The van der Waals surface area contributed by atoms with E-state index in [1.165, 1.54) is 25.3 Å². The average Bonchev–Trinajstić information content (AvgIpc) is 2.36. The Morgan fingerprint density at radius 3 is 2.58 bits per heavy atom. The number of thioether (sulfide) groups is 1. The summed E-state index contributed by atoms with van der Waals surface area (Å²) in [6, 6.07) is 2.78. The first-order valence-electron chi connectivity index (χ1n) is 5.53. The number of aromatic carboxylic acids is 1. The van der Waals surface area contributed by atoms with Crippen LogP contribution in [0.15, 0.2) is 18.3 Å². The summed E-state index contributed by atoms with van der Waals surface area (Å²) >= 11 is 1.09. The van der Waals surface area contributed by atoms with Crippen LogP contribution in [0.1, 0.15) is 24.2 Å². The first-order valence-corrected chi connectivity index (χ1v) is 6.52. The zero-order chi connectivity index (χ0) is 14.4. The second-order valence-corrected chi connectivity index (χ2v) is 5.13. The number of carboxylic acids is 1. The minimum absolute atomic E-state index is 0.0383. The molecule has 1 unspecified atom stereocenters. The third-order valence-corrected chi connectivity index (χ3v) is 3.32. The van der Waals surface area contributed by atoms with Gasteiger partial charge in [0.25, 0.3) is 0 Å². The monoisotopic (exact) mass is 282 g/mol. The number of hydrogen-bond acceptors (Lipinski definition) is 5. The number of hydrogen-bond donors (Lipinski definition) is 2. The van der Waals surface area contributed by atoms with Crippen molar-refractivity contribution in [2.75, 3.05) is 11.1 Å². The molecule has 0 saturated carbocycles. The summed E-state index contributed by atoms with van der Waals surface area (Å²) in [5, 5.41) is 11.2. The highest BCUT2D eigenvalue weighted by Crippen LogP contribution is 2.12. The summed E-state index contributed by atoms with van der Waals surface area (Å²) in [5.74, 6) is -0.987. The van der Waals surface area contributed by atoms with Crippen LogP contribution >= 0.6 is 11.8 Å². The highest BCUT2D eigenvalue weighted by atomic mass is 32.2. The molecule has 102 valence electrons. The molecule has 0 fully saturated rings. The van der Waals surface area contributed by atoms with Crippen molar-refractivity contribution < 1.29 is 19.5 Å². The van der Waals surface area contributed by atoms with E-state index in [0.717, 1.165) is 11.8 Å². The number of pyridine rings is 1. The predicted octanol–water partition coefficient (Wildman–Crippen LogP) is 1.63. The van der Waals surface area contributed by atoms with Crippen LogP contribution in [0, 0.1) is 5.92 Å². The maximum Gasteiger partial charge on any atom is 0.337 e. The van der Waals surface area contributed by atoms with Crippen molar-refractivity contribution >= 4 is 34.6 Å². The van der Waals surface area contributed by atoms with Gasteiger partial charge in [0.05, 0.1) is 5.56 Å². The molecule has 0 aliphatic heterocycles. The first-order chi connectivity index (χ1) is 8.90. The van der Waals surface area contributed by atoms with E-state index in [1.54, 1.807) is 6.92 Å². The normalized spacial score (nSPS) is 11.7. The number of nitrogens with one attached hydrogen (secondary N) is 1. The molecular weight excluding hydrogens is 268 g/mol. The minimum Gasteiger partial charge on any atom is -0.478 e. The third-order valence-electron chi connectivity index (χ3n) is 2.25. The summed E-state index contributed by atoms with van der Waals surface area (Å²) in [4.78, 5) is 37.0. The van der Waals surface area contributed by atoms with Crippen LogP contribution in [0.4, 0.5) is 5.82 Å². The van der Waals surface area contributed by atoms with Crippen molar-refractivity contribution in [2.24, 2.45) is 5.92 Å². The molecule has 0 aliphatic carbocycles. The van der Waals surface area contributed by atoms with Crippen LogP contribution in [0.25, 0.3) is 0 Å². The van der Waals surface area contributed by atoms with Gasteiger partial charge in [-0.2, -0.15) is 0 Å². The van der Waals surface area contributed by atoms with Crippen molar-refractivity contribution in [3.05, 3.63) is 23.9 Å². The standard InChI is InChI=1S/C12H14N2O4S/c1-7(6-19-8(2)15)11(16)14-10-4-3-9(5-13-10)12(17)18/h3-5,7H,6H2,1-2H3,(H,17,18)(H,13,14,16). The molecule has 1 aromatic rings. The molecule has 6 nitrogen and oxygen atoms in total. The van der Waals surface area contributed by atoms with E-state index in [2.05, 4.69) is 10.3 Å². The number of carbonyl (C=O) groups is 3. The van der Waals surface area contributed by atoms with Gasteiger partial charge >= 0.3 is 5.97 Å². The molecule has 1 rings (SSSR count). The average molecular weight is 282 g/mol. The molecule has 0 bridgehead atoms. The van der Waals surface area contributed by atoms with Crippen molar-refractivity contribution in [3.63, 3.8) is 0 Å². The number of amides is 1. The SMILES string of the molecule is CC(=O)SCC(C)C(=O)Nc1ccc(C(=O)O)cn1. The van der Waals surface area contributed by atoms with E-state index in [0.29, 0.717) is 5.75 Å². The van der Waals surface area contributed by atoms with Crippen molar-refractivity contribution in [2.45, 2.75) is 13.8 Å². The first kappa shape index (κ1) is 15.2. The van der Waals surface area contributed by atoms with Crippen LogP contribution in [0.5, 0.6) is 0 Å². The molecule has 19 heavy (non-hydrogen) atoms. The molecule has 1 aromatic heterocycles. The second-order valence-electron chi connectivity index (χ2n) is 3.93. The Morgan fingerprint density at radius 1 is 1.42 bits per heavy atom. The lowest BCUT2D eigenvalue weighted by Gasteiger charge is -2.10. The van der Waals surface area contributed by atoms with Gasteiger partial charge in [0.1, 0.15) is 5.82 Å². The lowest BCUT2D eigenvalue weighted by molar-refractivity contribution is -0.118. The fourth-order valence-electron chi connectivity index (χ4n) is 1.16. The van der Waals surface area contributed by atoms with E-state index in [4.69, 9.17) is 5.11 Å². The largest absolute Gasteiger partial charge is 0.478 e. The number of carboxylic acid groups (broad SMARTS) is 1. The van der Waals surface area contributed by atoms with Gasteiger partial charge in [0.2, 0.25) is 5.91 Å². The van der Waals surface area contributed by atoms with Gasteiger partial charge in [-0.3, -0.25) is 9.59 Å². The molecule has 1 amide bonds. The van der Waals surface area contributed by atoms with Crippen LogP contribution in [0.3, 0.4) is 0 Å². The Bertz CT molecular complexity index is 487. The quantitative estimate of drug-likeness (QED) is 0.852. The second kappa shape index (κ2) is 6.89. The fourth-order valence-corrected chi connectivity index (χ4v) is 1.80. The summed E-state index contributed by atoms with van der Waals surface area (Å²) < 4.78 is 0. The Balaban J connectivity index is 2.56. The number of nitrogens with zero attached hydrogens (tertiary/aromatic N) is 1. The molecule has 1 atom stereocenters. The van der Waals surface area contributed by atoms with E-state index in [-0.39, 0.29) is 28.3 Å². The minimum atomic E-state index is -1.07. The number of rotatable bonds is 5. The Labute approximate surface area is 114 Å². The highest BCUT2D eigenvalue weighted by molar-refractivity contribution is 8.13. The Morgan fingerprint density at radius 2 is 2.11 bits per heavy atom. The molecule has 7 heteroatoms. The molecular formula is C12H14N2O4S. The summed E-state index contributed by atoms with van der Waals surface area (Å²) in [7, 11) is 0. The lowest BCUT2D eigenvalue weighted by Crippen LogP contribution is -2.23. The smallest absolute Gasteiger partial charge is 0.337 e. The summed E-state index contributed by atoms with van der Waals surface area (Å²) in [5.41, 5.74) is 0.0539. The highest BCUT2D eigenvalue weighted by Gasteiger charge is 2.14. The van der Waals surface area contributed by atoms with Gasteiger partial charge in [0, 0.05) is 24.8 Å². The van der Waals surface area contributed by atoms with E-state index >= 15 is 0 Å². The van der Waals surface area contributed by atoms with E-state index < -0.39 is 5.97 Å². The Kier molecular flexibility index (Phi) is 5.50. The van der Waals surface area contributed by atoms with Gasteiger partial charge in [0.15, 0.2) is 5.12 Å². The lowest BCUT2D eigenvalue weighted by atomic mass is 10.2. The number of aromatic nitrogens is 1. The molecule has 0 aromatic carbocycles. The van der Waals surface area contributed by atoms with E-state index in [9.17, 15) is 14.4 Å². The van der Waals surface area contributed by atoms with Gasteiger partial charge in [-0.05, 0) is 12.1 Å². The molecule has 0 aliphatic rings. The van der Waals surface area contributed by atoms with Gasteiger partial charge < -0.3 is 10.4 Å². The van der Waals surface area contributed by atoms with Gasteiger partial charge in [-0.15, -0.1) is 0 Å². The zero-order valence-corrected chi connectivity index (χ0v) is 11.4. The number of carbonyl (C=O) groups excluding carboxylic acids is 2. The van der Waals surface area contributed by atoms with Crippen molar-refractivity contribution in [1.82, 2.24) is 4.98 Å². The van der Waals surface area contributed by atoms with Gasteiger partial charge in [-0.1, -0.05) is 18.7 Å². The summed E-state index contributed by atoms with van der Waals surface area (Å²) in [6.45, 7) is 3.15. The van der Waals surface area contributed by atoms with Crippen LogP contribution in [0.2, 0.25) is 0 Å². The predicted molar refractivity (Wildman–Crippen MR) is 72.1 cm³/mol. The number of anilines is 1. The van der Waals surface area contributed by atoms with Crippen molar-refractivity contribution in [3.8, 4) is 0 Å². The van der Waals surface area contributed by atoms with Crippen LogP contribution < -0.4 is 5.32 Å². The maximum absolute atomic E-state index is 11.8. The maximum atomic E-state index is 11.8. The van der Waals surface area contributed by atoms with Crippen molar-refractivity contribution in [1.29, 1.82) is 0 Å². The topological polar surface area (TPSA) is 96.4 Å². The Hall–Kier alpha value is -1.89. The third kappa shape index (κ3) is 5.09. The van der Waals surface area contributed by atoms with E-state index in [1.807, 2.05) is 0 Å². The molecule has 1 heterocycles. The van der Waals surface area contributed by atoms with Gasteiger partial charge in [-0.25, -0.2) is 9.78 Å². The molecule has 0 radical (unpaired) electrons.